The molecule has 0 bridgehead atoms. The van der Waals surface area contributed by atoms with E-state index in [1.54, 1.807) is 0 Å². The Morgan fingerprint density at radius 3 is 1.46 bits per heavy atom. The van der Waals surface area contributed by atoms with Crippen molar-refractivity contribution in [2.75, 3.05) is 0 Å². The Morgan fingerprint density at radius 1 is 0.304 bits per heavy atom. The highest BCUT2D eigenvalue weighted by Gasteiger charge is 2.18. The Kier molecular flexibility index (Phi) is 7.64. The van der Waals surface area contributed by atoms with E-state index in [0.717, 1.165) is 55.3 Å². The van der Waals surface area contributed by atoms with Gasteiger partial charge < -0.3 is 4.42 Å². The van der Waals surface area contributed by atoms with E-state index >= 15 is 0 Å². The maximum absolute atomic E-state index is 6.28. The van der Waals surface area contributed by atoms with E-state index in [2.05, 4.69) is 152 Å². The highest BCUT2D eigenvalue weighted by molar-refractivity contribution is 7.26. The van der Waals surface area contributed by atoms with Crippen LogP contribution in [0, 0.1) is 0 Å². The number of hydrogen-bond acceptors (Lipinski definition) is 5. The van der Waals surface area contributed by atoms with Crippen LogP contribution < -0.4 is 0 Å². The van der Waals surface area contributed by atoms with Crippen molar-refractivity contribution in [3.05, 3.63) is 188 Å². The molecule has 0 atom stereocenters. The molecule has 262 valence electrons. The fraction of sp³-hybridized carbons (Fsp3) is 0. The van der Waals surface area contributed by atoms with Crippen molar-refractivity contribution in [2.45, 2.75) is 0 Å². The smallest absolute Gasteiger partial charge is 0.164 e. The van der Waals surface area contributed by atoms with Gasteiger partial charge in [-0.1, -0.05) is 170 Å². The molecule has 0 aliphatic rings. The van der Waals surface area contributed by atoms with Crippen LogP contribution in [0.3, 0.4) is 0 Å². The van der Waals surface area contributed by atoms with Crippen molar-refractivity contribution in [1.82, 2.24) is 15.0 Å². The average molecular weight is 734 g/mol. The summed E-state index contributed by atoms with van der Waals surface area (Å²) >= 11 is 1.87. The van der Waals surface area contributed by atoms with Crippen molar-refractivity contribution in [3.8, 4) is 67.5 Å². The van der Waals surface area contributed by atoms with Crippen LogP contribution in [0.2, 0.25) is 0 Å². The molecule has 5 heteroatoms. The molecule has 0 radical (unpaired) electrons. The van der Waals surface area contributed by atoms with Gasteiger partial charge in [-0.3, -0.25) is 0 Å². The molecule has 0 amide bonds. The maximum atomic E-state index is 6.28. The summed E-state index contributed by atoms with van der Waals surface area (Å²) in [5, 5.41) is 4.71. The molecule has 56 heavy (non-hydrogen) atoms. The summed E-state index contributed by atoms with van der Waals surface area (Å²) in [7, 11) is 0. The minimum atomic E-state index is 0.587. The van der Waals surface area contributed by atoms with E-state index in [1.807, 2.05) is 47.7 Å². The van der Waals surface area contributed by atoms with Crippen molar-refractivity contribution in [2.24, 2.45) is 0 Å². The minimum absolute atomic E-state index is 0.587. The molecule has 0 spiro atoms. The zero-order valence-corrected chi connectivity index (χ0v) is 30.9. The standard InChI is InChI=1S/C51H31N3OS/c1-3-13-32(14-4-1)37-17-7-8-19-44(37)51-53-49(52-50(54-51)36-29-30-41-40-18-9-10-24-45(40)55-46(41)31-36)35-27-25-34(26-28-35)39-21-12-23-43-42-22-11-20-38(47(42)56-48(39)43)33-15-5-2-6-16-33/h1-31H. The van der Waals surface area contributed by atoms with E-state index in [4.69, 9.17) is 19.4 Å². The lowest BCUT2D eigenvalue weighted by Crippen LogP contribution is -2.01. The zero-order chi connectivity index (χ0) is 37.0. The number of aromatic nitrogens is 3. The Balaban J connectivity index is 1.04. The van der Waals surface area contributed by atoms with Crippen molar-refractivity contribution >= 4 is 53.4 Å². The number of thiophene rings is 1. The Bertz CT molecular complexity index is 3240. The summed E-state index contributed by atoms with van der Waals surface area (Å²) in [6.45, 7) is 0. The zero-order valence-electron chi connectivity index (χ0n) is 30.1. The van der Waals surface area contributed by atoms with E-state index in [1.165, 1.54) is 36.9 Å². The van der Waals surface area contributed by atoms with Gasteiger partial charge in [-0.25, -0.2) is 15.0 Å². The first-order valence-corrected chi connectivity index (χ1v) is 19.5. The third-order valence-electron chi connectivity index (χ3n) is 10.6. The van der Waals surface area contributed by atoms with Crippen molar-refractivity contribution in [3.63, 3.8) is 0 Å². The molecule has 11 rings (SSSR count). The number of rotatable bonds is 6. The highest BCUT2D eigenvalue weighted by atomic mass is 32.1. The summed E-state index contributed by atoms with van der Waals surface area (Å²) in [5.41, 5.74) is 11.4. The fourth-order valence-corrected chi connectivity index (χ4v) is 9.23. The number of benzene rings is 8. The van der Waals surface area contributed by atoms with Crippen LogP contribution in [0.1, 0.15) is 0 Å². The van der Waals surface area contributed by atoms with Gasteiger partial charge in [-0.05, 0) is 51.6 Å². The van der Waals surface area contributed by atoms with Gasteiger partial charge in [0.15, 0.2) is 17.5 Å². The molecule has 0 aliphatic carbocycles. The highest BCUT2D eigenvalue weighted by Crippen LogP contribution is 2.44. The second-order valence-electron chi connectivity index (χ2n) is 13.9. The monoisotopic (exact) mass is 733 g/mol. The third kappa shape index (κ3) is 5.48. The minimum Gasteiger partial charge on any atom is -0.456 e. The maximum Gasteiger partial charge on any atom is 0.164 e. The second-order valence-corrected chi connectivity index (χ2v) is 15.0. The van der Waals surface area contributed by atoms with Crippen LogP contribution in [-0.2, 0) is 0 Å². The first-order chi connectivity index (χ1) is 27.7. The van der Waals surface area contributed by atoms with Gasteiger partial charge in [0.25, 0.3) is 0 Å². The summed E-state index contributed by atoms with van der Waals surface area (Å²) in [4.78, 5) is 15.4. The summed E-state index contributed by atoms with van der Waals surface area (Å²) in [6, 6.07) is 65.6. The summed E-state index contributed by atoms with van der Waals surface area (Å²) < 4.78 is 8.87. The third-order valence-corrected chi connectivity index (χ3v) is 11.9. The Morgan fingerprint density at radius 2 is 0.768 bits per heavy atom. The van der Waals surface area contributed by atoms with Crippen LogP contribution in [0.15, 0.2) is 192 Å². The second kappa shape index (κ2) is 13.3. The topological polar surface area (TPSA) is 51.8 Å². The van der Waals surface area contributed by atoms with E-state index < -0.39 is 0 Å². The Labute approximate surface area is 327 Å². The van der Waals surface area contributed by atoms with E-state index in [0.29, 0.717) is 17.5 Å². The predicted molar refractivity (Wildman–Crippen MR) is 233 cm³/mol. The molecule has 0 fully saturated rings. The predicted octanol–water partition coefficient (Wildman–Crippen LogP) is 14.1. The van der Waals surface area contributed by atoms with Crippen LogP contribution in [-0.4, -0.2) is 15.0 Å². The molecule has 4 nitrogen and oxygen atoms in total. The quantitative estimate of drug-likeness (QED) is 0.171. The van der Waals surface area contributed by atoms with Gasteiger partial charge in [-0.2, -0.15) is 0 Å². The van der Waals surface area contributed by atoms with Crippen LogP contribution in [0.5, 0.6) is 0 Å². The van der Waals surface area contributed by atoms with Gasteiger partial charge in [0.05, 0.1) is 0 Å². The molecule has 0 aliphatic heterocycles. The first-order valence-electron chi connectivity index (χ1n) is 18.7. The number of nitrogens with zero attached hydrogens (tertiary/aromatic N) is 3. The van der Waals surface area contributed by atoms with Gasteiger partial charge in [-0.15, -0.1) is 11.3 Å². The van der Waals surface area contributed by atoms with Crippen LogP contribution in [0.4, 0.5) is 0 Å². The fourth-order valence-electron chi connectivity index (χ4n) is 7.86. The van der Waals surface area contributed by atoms with E-state index in [-0.39, 0.29) is 0 Å². The number of para-hydroxylation sites is 1. The Hall–Kier alpha value is -7.21. The lowest BCUT2D eigenvalue weighted by Gasteiger charge is -2.12. The molecule has 11 aromatic rings. The lowest BCUT2D eigenvalue weighted by molar-refractivity contribution is 0.669. The van der Waals surface area contributed by atoms with Gasteiger partial charge in [0.2, 0.25) is 0 Å². The SMILES string of the molecule is c1ccc(-c2ccccc2-c2nc(-c3ccc(-c4cccc5c4sc4c(-c6ccccc6)cccc45)cc3)nc(-c3ccc4c(c3)oc3ccccc34)n2)cc1. The molecule has 3 heterocycles. The van der Waals surface area contributed by atoms with Gasteiger partial charge in [0, 0.05) is 47.6 Å². The molecule has 0 saturated carbocycles. The summed E-state index contributed by atoms with van der Waals surface area (Å²) in [5.74, 6) is 1.81. The molecule has 0 unspecified atom stereocenters. The molecule has 0 N–H and O–H groups in total. The molecule has 3 aromatic heterocycles. The number of hydrogen-bond donors (Lipinski definition) is 0. The van der Waals surface area contributed by atoms with Gasteiger partial charge >= 0.3 is 0 Å². The number of furan rings is 1. The lowest BCUT2D eigenvalue weighted by atomic mass is 9.99. The van der Waals surface area contributed by atoms with Crippen LogP contribution in [0.25, 0.3) is 110 Å². The molecular formula is C51H31N3OS. The normalized spacial score (nSPS) is 11.6. The van der Waals surface area contributed by atoms with Crippen LogP contribution >= 0.6 is 11.3 Å². The molecule has 8 aromatic carbocycles. The summed E-state index contributed by atoms with van der Waals surface area (Å²) in [6.07, 6.45) is 0. The largest absolute Gasteiger partial charge is 0.456 e. The van der Waals surface area contributed by atoms with E-state index in [9.17, 15) is 0 Å². The van der Waals surface area contributed by atoms with Crippen molar-refractivity contribution in [1.29, 1.82) is 0 Å². The number of fused-ring (bicyclic) bond motifs is 6. The molecule has 0 saturated heterocycles. The first kappa shape index (κ1) is 32.2. The average Bonchev–Trinajstić information content (AvgIpc) is 3.85. The molecular weight excluding hydrogens is 703 g/mol. The van der Waals surface area contributed by atoms with Crippen molar-refractivity contribution < 1.29 is 4.42 Å². The van der Waals surface area contributed by atoms with Gasteiger partial charge in [0.1, 0.15) is 11.2 Å².